The second-order valence-corrected chi connectivity index (χ2v) is 2.85. The fourth-order valence-corrected chi connectivity index (χ4v) is 0.952. The Bertz CT molecular complexity index is 321. The normalized spacial score (nSPS) is 10.1. The second-order valence-electron chi connectivity index (χ2n) is 1.82. The SMILES string of the molecule is O=S(=O)(O)Oc1ccccc1.[LiH]. The number of hydrogen-bond acceptors (Lipinski definition) is 3. The maximum absolute atomic E-state index is 10.1. The van der Waals surface area contributed by atoms with E-state index < -0.39 is 10.4 Å². The van der Waals surface area contributed by atoms with E-state index in [0.29, 0.717) is 0 Å². The molecular formula is C6H7LiO4S. The summed E-state index contributed by atoms with van der Waals surface area (Å²) in [7, 11) is -4.38. The van der Waals surface area contributed by atoms with Gasteiger partial charge in [0.15, 0.2) is 0 Å². The van der Waals surface area contributed by atoms with Gasteiger partial charge in [-0.05, 0) is 12.1 Å². The molecule has 0 aliphatic carbocycles. The maximum atomic E-state index is 10.1. The van der Waals surface area contributed by atoms with E-state index in [2.05, 4.69) is 4.18 Å². The molecule has 1 aromatic rings. The number of para-hydroxylation sites is 1. The standard InChI is InChI=1S/C6H6O4S.Li.H/c7-11(8,9)10-6-4-2-1-3-5-6;;/h1-5H,(H,7,8,9);;. The van der Waals surface area contributed by atoms with Crippen molar-refractivity contribution in [1.29, 1.82) is 0 Å². The zero-order valence-electron chi connectivity index (χ0n) is 5.47. The molecule has 0 saturated carbocycles. The molecule has 0 radical (unpaired) electrons. The van der Waals surface area contributed by atoms with Gasteiger partial charge in [0.1, 0.15) is 5.75 Å². The van der Waals surface area contributed by atoms with E-state index in [4.69, 9.17) is 4.55 Å². The van der Waals surface area contributed by atoms with Gasteiger partial charge in [-0.3, -0.25) is 4.55 Å². The van der Waals surface area contributed by atoms with Crippen molar-refractivity contribution >= 4 is 29.3 Å². The van der Waals surface area contributed by atoms with Gasteiger partial charge in [0.25, 0.3) is 0 Å². The van der Waals surface area contributed by atoms with E-state index in [1.165, 1.54) is 12.1 Å². The van der Waals surface area contributed by atoms with E-state index >= 15 is 0 Å². The van der Waals surface area contributed by atoms with Crippen molar-refractivity contribution in [2.24, 2.45) is 0 Å². The summed E-state index contributed by atoms with van der Waals surface area (Å²) < 4.78 is 32.6. The van der Waals surface area contributed by atoms with Crippen LogP contribution < -0.4 is 4.18 Å². The van der Waals surface area contributed by atoms with Gasteiger partial charge >= 0.3 is 29.3 Å². The van der Waals surface area contributed by atoms with Crippen molar-refractivity contribution in [3.05, 3.63) is 30.3 Å². The van der Waals surface area contributed by atoms with E-state index in [1.807, 2.05) is 0 Å². The van der Waals surface area contributed by atoms with Crippen molar-refractivity contribution in [1.82, 2.24) is 0 Å². The van der Waals surface area contributed by atoms with Gasteiger partial charge in [-0.15, -0.1) is 0 Å². The van der Waals surface area contributed by atoms with Crippen LogP contribution in [0, 0.1) is 0 Å². The average Bonchev–Trinajstić information content (AvgIpc) is 1.85. The van der Waals surface area contributed by atoms with Crippen LogP contribution in [-0.4, -0.2) is 31.8 Å². The average molecular weight is 182 g/mol. The summed E-state index contributed by atoms with van der Waals surface area (Å²) in [6, 6.07) is 7.75. The topological polar surface area (TPSA) is 63.6 Å². The van der Waals surface area contributed by atoms with Crippen molar-refractivity contribution in [2.75, 3.05) is 0 Å². The van der Waals surface area contributed by atoms with Crippen LogP contribution in [0.1, 0.15) is 0 Å². The summed E-state index contributed by atoms with van der Waals surface area (Å²) in [6.07, 6.45) is 0. The summed E-state index contributed by atoms with van der Waals surface area (Å²) in [5.74, 6) is 0.0926. The molecule has 0 heterocycles. The Morgan fingerprint density at radius 3 is 2.08 bits per heavy atom. The first kappa shape index (κ1) is 11.5. The van der Waals surface area contributed by atoms with Crippen LogP contribution in [-0.2, 0) is 10.4 Å². The second kappa shape index (κ2) is 4.53. The monoisotopic (exact) mass is 182 g/mol. The van der Waals surface area contributed by atoms with Crippen LogP contribution in [0.2, 0.25) is 0 Å². The minimum absolute atomic E-state index is 0. The van der Waals surface area contributed by atoms with Gasteiger partial charge in [-0.25, -0.2) is 0 Å². The molecule has 0 aliphatic heterocycles. The molecule has 1 aromatic carbocycles. The predicted octanol–water partition coefficient (Wildman–Crippen LogP) is 0.220. The quantitative estimate of drug-likeness (QED) is 0.525. The van der Waals surface area contributed by atoms with Crippen LogP contribution in [0.3, 0.4) is 0 Å². The molecule has 1 rings (SSSR count). The van der Waals surface area contributed by atoms with Crippen LogP contribution >= 0.6 is 0 Å². The zero-order valence-corrected chi connectivity index (χ0v) is 6.28. The molecule has 0 amide bonds. The molecule has 0 aromatic heterocycles. The third-order valence-electron chi connectivity index (χ3n) is 0.945. The number of benzene rings is 1. The summed E-state index contributed by atoms with van der Waals surface area (Å²) in [5, 5.41) is 0. The van der Waals surface area contributed by atoms with Crippen LogP contribution in [0.15, 0.2) is 30.3 Å². The van der Waals surface area contributed by atoms with E-state index in [0.717, 1.165) is 0 Å². The third kappa shape index (κ3) is 4.41. The van der Waals surface area contributed by atoms with Crippen LogP contribution in [0.4, 0.5) is 0 Å². The Morgan fingerprint density at radius 2 is 1.67 bits per heavy atom. The van der Waals surface area contributed by atoms with Crippen molar-refractivity contribution in [3.63, 3.8) is 0 Å². The van der Waals surface area contributed by atoms with Gasteiger partial charge in [-0.1, -0.05) is 18.2 Å². The molecule has 4 nitrogen and oxygen atoms in total. The van der Waals surface area contributed by atoms with E-state index in [-0.39, 0.29) is 24.6 Å². The molecule has 0 bridgehead atoms. The summed E-state index contributed by atoms with van der Waals surface area (Å²) >= 11 is 0. The molecular weight excluding hydrogens is 175 g/mol. The molecule has 6 heteroatoms. The number of rotatable bonds is 2. The van der Waals surface area contributed by atoms with E-state index in [9.17, 15) is 8.42 Å². The van der Waals surface area contributed by atoms with Crippen molar-refractivity contribution < 1.29 is 17.2 Å². The Labute approximate surface area is 82.7 Å². The Kier molecular flexibility index (Phi) is 4.35. The first-order valence-corrected chi connectivity index (χ1v) is 4.16. The molecule has 62 valence electrons. The van der Waals surface area contributed by atoms with Gasteiger partial charge in [0.2, 0.25) is 0 Å². The van der Waals surface area contributed by atoms with Crippen LogP contribution in [0.5, 0.6) is 5.75 Å². The van der Waals surface area contributed by atoms with Crippen molar-refractivity contribution in [3.8, 4) is 5.75 Å². The first-order chi connectivity index (χ1) is 5.08. The Hall–Kier alpha value is -0.473. The molecule has 0 fully saturated rings. The summed E-state index contributed by atoms with van der Waals surface area (Å²) in [5.41, 5.74) is 0. The zero-order chi connectivity index (χ0) is 8.32. The van der Waals surface area contributed by atoms with Crippen molar-refractivity contribution in [2.45, 2.75) is 0 Å². The van der Waals surface area contributed by atoms with Crippen LogP contribution in [0.25, 0.3) is 0 Å². The predicted molar refractivity (Wildman–Crippen MR) is 45.8 cm³/mol. The molecule has 0 aliphatic rings. The summed E-state index contributed by atoms with van der Waals surface area (Å²) in [4.78, 5) is 0. The molecule has 0 spiro atoms. The molecule has 1 N–H and O–H groups in total. The van der Waals surface area contributed by atoms with Gasteiger partial charge in [-0.2, -0.15) is 8.42 Å². The molecule has 0 unspecified atom stereocenters. The fraction of sp³-hybridized carbons (Fsp3) is 0. The number of hydrogen-bond donors (Lipinski definition) is 1. The summed E-state index contributed by atoms with van der Waals surface area (Å²) in [6.45, 7) is 0. The van der Waals surface area contributed by atoms with Gasteiger partial charge in [0, 0.05) is 0 Å². The third-order valence-corrected chi connectivity index (χ3v) is 1.35. The fourth-order valence-electron chi connectivity index (χ4n) is 0.598. The van der Waals surface area contributed by atoms with Gasteiger partial charge in [0.05, 0.1) is 0 Å². The first-order valence-electron chi connectivity index (χ1n) is 2.80. The van der Waals surface area contributed by atoms with Gasteiger partial charge < -0.3 is 4.18 Å². The molecule has 12 heavy (non-hydrogen) atoms. The Balaban J connectivity index is 0.00000121. The van der Waals surface area contributed by atoms with E-state index in [1.54, 1.807) is 18.2 Å². The minimum atomic E-state index is -4.38. The molecule has 0 atom stereocenters. The molecule has 0 saturated heterocycles. The Morgan fingerprint density at radius 1 is 1.17 bits per heavy atom.